The fourth-order valence-electron chi connectivity index (χ4n) is 5.78. The molecule has 0 spiro atoms. The van der Waals surface area contributed by atoms with Crippen LogP contribution in [0.25, 0.3) is 0 Å². The maximum atomic E-state index is 13.4. The fourth-order valence-corrected chi connectivity index (χ4v) is 5.78. The molecule has 2 N–H and O–H groups in total. The summed E-state index contributed by atoms with van der Waals surface area (Å²) >= 11 is 0. The van der Waals surface area contributed by atoms with E-state index in [2.05, 4.69) is 17.4 Å². The molecule has 0 aromatic heterocycles. The molecular formula is C29H47N3O5. The van der Waals surface area contributed by atoms with Gasteiger partial charge in [-0.25, -0.2) is 9.59 Å². The highest BCUT2D eigenvalue weighted by Gasteiger charge is 2.32. The first kappa shape index (κ1) is 29.2. The molecular weight excluding hydrogens is 470 g/mol. The number of carbonyl (C=O) groups is 2. The van der Waals surface area contributed by atoms with Gasteiger partial charge in [-0.05, 0) is 44.1 Å². The van der Waals surface area contributed by atoms with E-state index in [0.717, 1.165) is 44.1 Å². The number of ether oxygens (including phenoxy) is 2. The van der Waals surface area contributed by atoms with Crippen LogP contribution in [0.15, 0.2) is 30.3 Å². The maximum absolute atomic E-state index is 13.4. The van der Waals surface area contributed by atoms with Crippen molar-refractivity contribution in [1.82, 2.24) is 15.1 Å². The third-order valence-corrected chi connectivity index (χ3v) is 7.73. The summed E-state index contributed by atoms with van der Waals surface area (Å²) in [7, 11) is 1.58. The van der Waals surface area contributed by atoms with Crippen LogP contribution in [-0.4, -0.2) is 79.6 Å². The van der Waals surface area contributed by atoms with E-state index in [1.807, 2.05) is 30.0 Å². The van der Waals surface area contributed by atoms with Crippen LogP contribution >= 0.6 is 0 Å². The third kappa shape index (κ3) is 9.82. The molecule has 3 rings (SSSR count). The van der Waals surface area contributed by atoms with Crippen LogP contribution in [0.2, 0.25) is 0 Å². The highest BCUT2D eigenvalue weighted by Crippen LogP contribution is 2.33. The first-order valence-corrected chi connectivity index (χ1v) is 14.2. The van der Waals surface area contributed by atoms with Crippen molar-refractivity contribution < 1.29 is 24.2 Å². The number of likely N-dealkylation sites (N-methyl/N-ethyl adjacent to an activating group) is 1. The number of benzene rings is 1. The zero-order valence-corrected chi connectivity index (χ0v) is 22.8. The number of carbonyl (C=O) groups excluding carboxylic acids is 1. The minimum Gasteiger partial charge on any atom is -0.465 e. The van der Waals surface area contributed by atoms with Gasteiger partial charge in [-0.3, -0.25) is 0 Å². The molecule has 1 aliphatic carbocycles. The van der Waals surface area contributed by atoms with Gasteiger partial charge < -0.3 is 29.7 Å². The van der Waals surface area contributed by atoms with E-state index in [4.69, 9.17) is 9.47 Å². The summed E-state index contributed by atoms with van der Waals surface area (Å²) in [6.45, 7) is 5.65. The highest BCUT2D eigenvalue weighted by atomic mass is 16.5. The average Bonchev–Trinajstić information content (AvgIpc) is 2.91. The Bertz CT molecular complexity index is 802. The number of nitrogens with one attached hydrogen (secondary N) is 1. The van der Waals surface area contributed by atoms with Crippen molar-refractivity contribution in [1.29, 1.82) is 0 Å². The Labute approximate surface area is 222 Å². The van der Waals surface area contributed by atoms with Gasteiger partial charge in [0.2, 0.25) is 0 Å². The largest absolute Gasteiger partial charge is 0.465 e. The van der Waals surface area contributed by atoms with Crippen molar-refractivity contribution in [3.63, 3.8) is 0 Å². The average molecular weight is 518 g/mol. The van der Waals surface area contributed by atoms with Gasteiger partial charge >= 0.3 is 12.1 Å². The number of hydrogen-bond acceptors (Lipinski definition) is 4. The summed E-state index contributed by atoms with van der Waals surface area (Å²) in [6.07, 6.45) is 8.59. The molecule has 1 saturated heterocycles. The van der Waals surface area contributed by atoms with E-state index in [1.165, 1.54) is 24.2 Å². The van der Waals surface area contributed by atoms with Gasteiger partial charge in [-0.2, -0.15) is 0 Å². The zero-order chi connectivity index (χ0) is 26.5. The number of hydrogen-bond donors (Lipinski definition) is 2. The standard InChI is InChI=1S/C29H47N3O5/c1-3-36-18-11-19-37-27(24-14-8-5-9-15-24)25-16-10-17-32(21-25)28(33)30-26(22-31(2)29(34)35)20-23-12-6-4-7-13-23/h5,8-9,14-15,23,25-27H,3-4,6-7,10-13,16-22H2,1-2H3,(H,30,33)(H,34,35)/t25-,26-,27?/m1/s1. The Kier molecular flexibility index (Phi) is 12.5. The smallest absolute Gasteiger partial charge is 0.407 e. The van der Waals surface area contributed by atoms with Gasteiger partial charge in [-0.15, -0.1) is 0 Å². The van der Waals surface area contributed by atoms with Crippen molar-refractivity contribution in [3.05, 3.63) is 35.9 Å². The molecule has 8 heteroatoms. The number of carboxylic acid groups (broad SMARTS) is 1. The minimum absolute atomic E-state index is 0.0744. The van der Waals surface area contributed by atoms with Crippen LogP contribution < -0.4 is 5.32 Å². The summed E-state index contributed by atoms with van der Waals surface area (Å²) in [5.74, 6) is 0.746. The van der Waals surface area contributed by atoms with Gasteiger partial charge in [0, 0.05) is 58.5 Å². The molecule has 1 aliphatic heterocycles. The maximum Gasteiger partial charge on any atom is 0.407 e. The molecule has 37 heavy (non-hydrogen) atoms. The summed E-state index contributed by atoms with van der Waals surface area (Å²) in [4.78, 5) is 28.1. The second-order valence-electron chi connectivity index (χ2n) is 10.7. The number of likely N-dealkylation sites (tertiary alicyclic amines) is 1. The number of urea groups is 1. The van der Waals surface area contributed by atoms with Crippen LogP contribution in [-0.2, 0) is 9.47 Å². The Morgan fingerprint density at radius 1 is 1.11 bits per heavy atom. The number of piperidine rings is 1. The molecule has 208 valence electrons. The lowest BCUT2D eigenvalue weighted by atomic mass is 9.84. The minimum atomic E-state index is -0.965. The van der Waals surface area contributed by atoms with E-state index in [0.29, 0.717) is 45.4 Å². The highest BCUT2D eigenvalue weighted by molar-refractivity contribution is 5.74. The Hall–Kier alpha value is -2.32. The van der Waals surface area contributed by atoms with E-state index in [-0.39, 0.29) is 24.1 Å². The molecule has 3 atom stereocenters. The molecule has 8 nitrogen and oxygen atoms in total. The molecule has 1 saturated carbocycles. The number of amides is 3. The normalized spacial score (nSPS) is 20.3. The van der Waals surface area contributed by atoms with Crippen LogP contribution in [0.4, 0.5) is 9.59 Å². The first-order chi connectivity index (χ1) is 18.0. The lowest BCUT2D eigenvalue weighted by Gasteiger charge is -2.38. The molecule has 1 heterocycles. The van der Waals surface area contributed by atoms with E-state index in [9.17, 15) is 14.7 Å². The van der Waals surface area contributed by atoms with E-state index in [1.54, 1.807) is 7.05 Å². The fraction of sp³-hybridized carbons (Fsp3) is 0.724. The Morgan fingerprint density at radius 3 is 2.57 bits per heavy atom. The number of rotatable bonds is 13. The predicted octanol–water partition coefficient (Wildman–Crippen LogP) is 5.54. The Morgan fingerprint density at radius 2 is 1.86 bits per heavy atom. The SMILES string of the molecule is CCOCCCOC(c1ccccc1)[C@@H]1CCCN(C(=O)N[C@H](CC2CCCCC2)CN(C)C(=O)O)C1. The molecule has 3 amide bonds. The monoisotopic (exact) mass is 517 g/mol. The summed E-state index contributed by atoms with van der Waals surface area (Å²) in [5, 5.41) is 12.6. The first-order valence-electron chi connectivity index (χ1n) is 14.2. The topological polar surface area (TPSA) is 91.3 Å². The van der Waals surface area contributed by atoms with E-state index >= 15 is 0 Å². The van der Waals surface area contributed by atoms with Crippen LogP contribution in [0.1, 0.15) is 76.4 Å². The van der Waals surface area contributed by atoms with Gasteiger partial charge in [-0.1, -0.05) is 62.4 Å². The second-order valence-corrected chi connectivity index (χ2v) is 10.7. The van der Waals surface area contributed by atoms with Crippen molar-refractivity contribution in [2.24, 2.45) is 11.8 Å². The Balaban J connectivity index is 1.63. The molecule has 0 radical (unpaired) electrons. The van der Waals surface area contributed by atoms with Gasteiger partial charge in [0.1, 0.15) is 0 Å². The van der Waals surface area contributed by atoms with Crippen molar-refractivity contribution in [2.75, 3.05) is 46.5 Å². The molecule has 2 fully saturated rings. The van der Waals surface area contributed by atoms with Crippen molar-refractivity contribution in [2.45, 2.75) is 76.9 Å². The molecule has 1 unspecified atom stereocenters. The summed E-state index contributed by atoms with van der Waals surface area (Å²) < 4.78 is 11.9. The molecule has 1 aromatic carbocycles. The summed E-state index contributed by atoms with van der Waals surface area (Å²) in [5.41, 5.74) is 1.14. The van der Waals surface area contributed by atoms with Gasteiger partial charge in [0.05, 0.1) is 6.10 Å². The van der Waals surface area contributed by atoms with Crippen molar-refractivity contribution >= 4 is 12.1 Å². The molecule has 1 aromatic rings. The van der Waals surface area contributed by atoms with Gasteiger partial charge in [0.15, 0.2) is 0 Å². The van der Waals surface area contributed by atoms with Crippen LogP contribution in [0, 0.1) is 11.8 Å². The lowest BCUT2D eigenvalue weighted by Crippen LogP contribution is -2.52. The van der Waals surface area contributed by atoms with Gasteiger partial charge in [0.25, 0.3) is 0 Å². The quantitative estimate of drug-likeness (QED) is 0.335. The second kappa shape index (κ2) is 15.8. The summed E-state index contributed by atoms with van der Waals surface area (Å²) in [6, 6.07) is 10.0. The zero-order valence-electron chi connectivity index (χ0n) is 22.8. The molecule has 0 bridgehead atoms. The van der Waals surface area contributed by atoms with Crippen LogP contribution in [0.3, 0.4) is 0 Å². The van der Waals surface area contributed by atoms with Crippen LogP contribution in [0.5, 0.6) is 0 Å². The third-order valence-electron chi connectivity index (χ3n) is 7.73. The lowest BCUT2D eigenvalue weighted by molar-refractivity contribution is -0.0185. The van der Waals surface area contributed by atoms with Crippen molar-refractivity contribution in [3.8, 4) is 0 Å². The predicted molar refractivity (Wildman–Crippen MR) is 145 cm³/mol. The van der Waals surface area contributed by atoms with E-state index < -0.39 is 6.09 Å². The number of nitrogens with zero attached hydrogens (tertiary/aromatic N) is 2. The molecule has 2 aliphatic rings.